The van der Waals surface area contributed by atoms with Crippen molar-refractivity contribution in [2.24, 2.45) is 5.73 Å². The fraction of sp³-hybridized carbons (Fsp3) is 0.333. The van der Waals surface area contributed by atoms with Gasteiger partial charge >= 0.3 is 0 Å². The van der Waals surface area contributed by atoms with Crippen LogP contribution in [0.4, 0.5) is 0 Å². The van der Waals surface area contributed by atoms with Crippen LogP contribution in [0.2, 0.25) is 0 Å². The maximum atomic E-state index is 12.1. The molecule has 0 aliphatic carbocycles. The van der Waals surface area contributed by atoms with Crippen LogP contribution in [-0.4, -0.2) is 21.4 Å². The molecule has 0 amide bonds. The fourth-order valence-electron chi connectivity index (χ4n) is 2.61. The Balaban J connectivity index is 1.80. The number of aromatic nitrogens is 2. The van der Waals surface area contributed by atoms with E-state index >= 15 is 0 Å². The minimum absolute atomic E-state index is 0.0480. The van der Waals surface area contributed by atoms with Gasteiger partial charge in [-0.2, -0.15) is 0 Å². The first kappa shape index (κ1) is 13.0. The van der Waals surface area contributed by atoms with Gasteiger partial charge in [0.05, 0.1) is 17.8 Å². The van der Waals surface area contributed by atoms with E-state index in [2.05, 4.69) is 27.0 Å². The van der Waals surface area contributed by atoms with Crippen LogP contribution in [0.3, 0.4) is 0 Å². The number of hydrogen-bond donors (Lipinski definition) is 2. The number of H-pyrrole nitrogens is 1. The van der Waals surface area contributed by atoms with Gasteiger partial charge in [-0.15, -0.1) is 0 Å². The molecule has 0 spiro atoms. The Kier molecular flexibility index (Phi) is 3.62. The van der Waals surface area contributed by atoms with Crippen molar-refractivity contribution < 1.29 is 0 Å². The van der Waals surface area contributed by atoms with Crippen molar-refractivity contribution in [3.8, 4) is 0 Å². The fourth-order valence-corrected chi connectivity index (χ4v) is 2.61. The monoisotopic (exact) mass is 270 g/mol. The van der Waals surface area contributed by atoms with Crippen LogP contribution in [-0.2, 0) is 26.1 Å². The smallest absolute Gasteiger partial charge is 0.255 e. The van der Waals surface area contributed by atoms with Gasteiger partial charge in [0.1, 0.15) is 5.82 Å². The average Bonchev–Trinajstić information content (AvgIpc) is 2.48. The molecule has 1 aliphatic heterocycles. The van der Waals surface area contributed by atoms with Crippen molar-refractivity contribution in [2.45, 2.75) is 26.1 Å². The number of nitrogens with zero attached hydrogens (tertiary/aromatic N) is 2. The van der Waals surface area contributed by atoms with E-state index < -0.39 is 0 Å². The van der Waals surface area contributed by atoms with Gasteiger partial charge in [0, 0.05) is 26.1 Å². The summed E-state index contributed by atoms with van der Waals surface area (Å²) in [7, 11) is 0. The lowest BCUT2D eigenvalue weighted by Crippen LogP contribution is -2.36. The van der Waals surface area contributed by atoms with E-state index in [0.29, 0.717) is 12.4 Å². The van der Waals surface area contributed by atoms with Crippen LogP contribution in [0.25, 0.3) is 0 Å². The summed E-state index contributed by atoms with van der Waals surface area (Å²) in [5.74, 6) is 0.574. The van der Waals surface area contributed by atoms with E-state index in [-0.39, 0.29) is 12.1 Å². The normalized spacial score (nSPS) is 15.1. The number of rotatable bonds is 3. The molecule has 0 fully saturated rings. The second-order valence-electron chi connectivity index (χ2n) is 5.09. The summed E-state index contributed by atoms with van der Waals surface area (Å²) < 4.78 is 0. The molecule has 2 aromatic rings. The lowest BCUT2D eigenvalue weighted by molar-refractivity contribution is 0.241. The quantitative estimate of drug-likeness (QED) is 0.864. The van der Waals surface area contributed by atoms with Gasteiger partial charge in [0.15, 0.2) is 0 Å². The number of benzene rings is 1. The minimum atomic E-state index is -0.0480. The molecule has 1 aromatic carbocycles. The summed E-state index contributed by atoms with van der Waals surface area (Å²) >= 11 is 0. The second-order valence-corrected chi connectivity index (χ2v) is 5.09. The number of fused-ring (bicyclic) bond motifs is 1. The molecule has 104 valence electrons. The second kappa shape index (κ2) is 5.56. The average molecular weight is 270 g/mol. The van der Waals surface area contributed by atoms with Crippen LogP contribution < -0.4 is 11.3 Å². The van der Waals surface area contributed by atoms with Crippen molar-refractivity contribution in [1.29, 1.82) is 0 Å². The Labute approximate surface area is 117 Å². The first-order valence-corrected chi connectivity index (χ1v) is 6.83. The van der Waals surface area contributed by atoms with Gasteiger partial charge in [-0.05, 0) is 5.56 Å². The van der Waals surface area contributed by atoms with Gasteiger partial charge in [-0.25, -0.2) is 4.98 Å². The third-order valence-electron chi connectivity index (χ3n) is 3.64. The molecule has 1 aromatic heterocycles. The van der Waals surface area contributed by atoms with Crippen molar-refractivity contribution in [3.05, 3.63) is 63.3 Å². The van der Waals surface area contributed by atoms with E-state index in [1.165, 1.54) is 5.56 Å². The Morgan fingerprint density at radius 1 is 1.30 bits per heavy atom. The highest BCUT2D eigenvalue weighted by molar-refractivity contribution is 5.22. The van der Waals surface area contributed by atoms with Crippen LogP contribution in [0.15, 0.2) is 35.1 Å². The van der Waals surface area contributed by atoms with E-state index in [9.17, 15) is 4.79 Å². The first-order chi connectivity index (χ1) is 9.76. The Morgan fingerprint density at radius 2 is 2.10 bits per heavy atom. The van der Waals surface area contributed by atoms with Crippen molar-refractivity contribution in [2.75, 3.05) is 6.54 Å². The molecule has 3 N–H and O–H groups in total. The van der Waals surface area contributed by atoms with Gasteiger partial charge in [0.2, 0.25) is 0 Å². The molecule has 20 heavy (non-hydrogen) atoms. The zero-order valence-electron chi connectivity index (χ0n) is 11.3. The van der Waals surface area contributed by atoms with Crippen molar-refractivity contribution in [3.63, 3.8) is 0 Å². The first-order valence-electron chi connectivity index (χ1n) is 6.83. The summed E-state index contributed by atoms with van der Waals surface area (Å²) in [6.07, 6.45) is 0.805. The molecule has 5 nitrogen and oxygen atoms in total. The van der Waals surface area contributed by atoms with E-state index in [4.69, 9.17) is 5.73 Å². The molecule has 3 rings (SSSR count). The largest absolute Gasteiger partial charge is 0.324 e. The molecular formula is C15H18N4O. The highest BCUT2D eigenvalue weighted by Gasteiger charge is 2.20. The molecule has 2 heterocycles. The van der Waals surface area contributed by atoms with Crippen LogP contribution in [0.1, 0.15) is 22.6 Å². The summed E-state index contributed by atoms with van der Waals surface area (Å²) in [4.78, 5) is 21.5. The SMILES string of the molecule is NCc1nc2c(c(=O)[nH]1)CN(Cc1ccccc1)CC2. The molecule has 5 heteroatoms. The number of nitrogens with one attached hydrogen (secondary N) is 1. The van der Waals surface area contributed by atoms with E-state index in [0.717, 1.165) is 30.8 Å². The standard InChI is InChI=1S/C15H18N4O/c16-8-14-17-13-6-7-19(10-12(13)15(20)18-14)9-11-4-2-1-3-5-11/h1-5H,6-10,16H2,(H,17,18,20). The lowest BCUT2D eigenvalue weighted by Gasteiger charge is -2.27. The maximum absolute atomic E-state index is 12.1. The van der Waals surface area contributed by atoms with Crippen LogP contribution >= 0.6 is 0 Å². The van der Waals surface area contributed by atoms with Crippen molar-refractivity contribution in [1.82, 2.24) is 14.9 Å². The summed E-state index contributed by atoms with van der Waals surface area (Å²) in [5.41, 5.74) is 8.44. The zero-order chi connectivity index (χ0) is 13.9. The van der Waals surface area contributed by atoms with Gasteiger partial charge in [-0.3, -0.25) is 9.69 Å². The predicted molar refractivity (Wildman–Crippen MR) is 77.0 cm³/mol. The molecule has 1 aliphatic rings. The lowest BCUT2D eigenvalue weighted by atomic mass is 10.1. The highest BCUT2D eigenvalue weighted by atomic mass is 16.1. The Hall–Kier alpha value is -1.98. The Morgan fingerprint density at radius 3 is 2.85 bits per heavy atom. The minimum Gasteiger partial charge on any atom is -0.324 e. The summed E-state index contributed by atoms with van der Waals surface area (Å²) in [6, 6.07) is 10.3. The topological polar surface area (TPSA) is 75.0 Å². The molecular weight excluding hydrogens is 252 g/mol. The number of aromatic amines is 1. The summed E-state index contributed by atoms with van der Waals surface area (Å²) in [6.45, 7) is 2.70. The molecule has 0 atom stereocenters. The maximum Gasteiger partial charge on any atom is 0.255 e. The van der Waals surface area contributed by atoms with E-state index in [1.54, 1.807) is 0 Å². The molecule has 0 saturated carbocycles. The predicted octanol–water partition coefficient (Wildman–Crippen LogP) is 0.787. The third kappa shape index (κ3) is 2.64. The molecule has 0 saturated heterocycles. The number of hydrogen-bond acceptors (Lipinski definition) is 4. The molecule has 0 unspecified atom stereocenters. The summed E-state index contributed by atoms with van der Waals surface area (Å²) in [5, 5.41) is 0. The van der Waals surface area contributed by atoms with Crippen molar-refractivity contribution >= 4 is 0 Å². The Bertz CT molecular complexity index is 651. The molecule has 0 bridgehead atoms. The highest BCUT2D eigenvalue weighted by Crippen LogP contribution is 2.16. The van der Waals surface area contributed by atoms with Crippen LogP contribution in [0.5, 0.6) is 0 Å². The number of nitrogens with two attached hydrogens (primary N) is 1. The zero-order valence-corrected chi connectivity index (χ0v) is 11.3. The van der Waals surface area contributed by atoms with Gasteiger partial charge in [-0.1, -0.05) is 30.3 Å². The van der Waals surface area contributed by atoms with E-state index in [1.807, 2.05) is 18.2 Å². The van der Waals surface area contributed by atoms with Gasteiger partial charge in [0.25, 0.3) is 5.56 Å². The third-order valence-corrected chi connectivity index (χ3v) is 3.64. The van der Waals surface area contributed by atoms with Crippen LogP contribution in [0, 0.1) is 0 Å². The molecule has 0 radical (unpaired) electrons. The van der Waals surface area contributed by atoms with Gasteiger partial charge < -0.3 is 10.7 Å².